The van der Waals surface area contributed by atoms with Crippen molar-refractivity contribution in [1.29, 1.82) is 0 Å². The van der Waals surface area contributed by atoms with Crippen LogP contribution in [0.1, 0.15) is 36.5 Å². The number of hydrogen-bond acceptors (Lipinski definition) is 4. The Morgan fingerprint density at radius 1 is 0.938 bits per heavy atom. The van der Waals surface area contributed by atoms with Crippen LogP contribution >= 0.6 is 22.9 Å². The molecule has 6 nitrogen and oxygen atoms in total. The number of rotatable bonds is 5. The molecule has 2 aromatic carbocycles. The van der Waals surface area contributed by atoms with Gasteiger partial charge in [-0.2, -0.15) is 0 Å². The average molecular weight is 465 g/mol. The molecular formula is C24H21ClN4O2S. The number of aromatic nitrogens is 4. The summed E-state index contributed by atoms with van der Waals surface area (Å²) in [5.74, 6) is 0.774. The minimum absolute atomic E-state index is 0.140. The molecule has 0 spiro atoms. The third-order valence-corrected chi connectivity index (χ3v) is 6.76. The first-order chi connectivity index (χ1) is 15.4. The molecule has 3 heterocycles. The maximum atomic E-state index is 13.3. The zero-order valence-electron chi connectivity index (χ0n) is 17.7. The molecule has 0 unspecified atom stereocenters. The molecule has 162 valence electrons. The Kier molecular flexibility index (Phi) is 5.23. The maximum Gasteiger partial charge on any atom is 0.352 e. The molecule has 0 bridgehead atoms. The lowest BCUT2D eigenvalue weighted by Gasteiger charge is -2.10. The SMILES string of the molecule is CC(C)c1ccc(Cn2c(=O)c3sccc3n3c(=O)n(Cc4ccc(Cl)cc4)nc23)cc1. The summed E-state index contributed by atoms with van der Waals surface area (Å²) in [6.45, 7) is 4.92. The lowest BCUT2D eigenvalue weighted by atomic mass is 10.0. The second-order valence-corrected chi connectivity index (χ2v) is 9.48. The van der Waals surface area contributed by atoms with Gasteiger partial charge in [-0.25, -0.2) is 13.9 Å². The molecule has 32 heavy (non-hydrogen) atoms. The second-order valence-electron chi connectivity index (χ2n) is 8.12. The lowest BCUT2D eigenvalue weighted by molar-refractivity contribution is 0.654. The van der Waals surface area contributed by atoms with Gasteiger partial charge in [-0.05, 0) is 46.2 Å². The van der Waals surface area contributed by atoms with Crippen molar-refractivity contribution in [3.8, 4) is 0 Å². The van der Waals surface area contributed by atoms with Gasteiger partial charge in [0.1, 0.15) is 4.70 Å². The van der Waals surface area contributed by atoms with Gasteiger partial charge in [-0.1, -0.05) is 61.8 Å². The zero-order chi connectivity index (χ0) is 22.4. The van der Waals surface area contributed by atoms with Gasteiger partial charge in [0.25, 0.3) is 5.56 Å². The first kappa shape index (κ1) is 20.7. The van der Waals surface area contributed by atoms with Crippen molar-refractivity contribution in [2.45, 2.75) is 32.9 Å². The van der Waals surface area contributed by atoms with Crippen LogP contribution in [-0.2, 0) is 13.1 Å². The Balaban J connectivity index is 1.66. The normalized spacial score (nSPS) is 11.8. The Bertz CT molecular complexity index is 1540. The largest absolute Gasteiger partial charge is 0.352 e. The summed E-state index contributed by atoms with van der Waals surface area (Å²) in [6, 6.07) is 17.3. The van der Waals surface area contributed by atoms with Crippen molar-refractivity contribution in [3.63, 3.8) is 0 Å². The second kappa shape index (κ2) is 8.07. The van der Waals surface area contributed by atoms with Crippen LogP contribution in [0, 0.1) is 0 Å². The molecule has 0 aliphatic rings. The predicted octanol–water partition coefficient (Wildman–Crippen LogP) is 4.75. The van der Waals surface area contributed by atoms with Crippen molar-refractivity contribution in [2.75, 3.05) is 0 Å². The summed E-state index contributed by atoms with van der Waals surface area (Å²) < 4.78 is 5.06. The fraction of sp³-hybridized carbons (Fsp3) is 0.208. The Hall–Kier alpha value is -3.16. The predicted molar refractivity (Wildman–Crippen MR) is 129 cm³/mol. The topological polar surface area (TPSA) is 61.3 Å². The van der Waals surface area contributed by atoms with Gasteiger partial charge in [0.2, 0.25) is 5.78 Å². The summed E-state index contributed by atoms with van der Waals surface area (Å²) in [7, 11) is 0. The molecule has 0 aliphatic carbocycles. The Labute approximate surface area is 192 Å². The standard InChI is InChI=1S/C24H21ClN4O2S/c1-15(2)18-7-3-16(4-8-18)13-27-22(30)21-20(11-12-32-21)29-23(27)26-28(24(29)31)14-17-5-9-19(25)10-6-17/h3-12,15H,13-14H2,1-2H3. The molecule has 0 saturated heterocycles. The summed E-state index contributed by atoms with van der Waals surface area (Å²) >= 11 is 7.32. The quantitative estimate of drug-likeness (QED) is 0.377. The van der Waals surface area contributed by atoms with Crippen LogP contribution < -0.4 is 11.2 Å². The third kappa shape index (κ3) is 3.57. The molecule has 0 aliphatic heterocycles. The van der Waals surface area contributed by atoms with E-state index in [9.17, 15) is 9.59 Å². The van der Waals surface area contributed by atoms with Crippen LogP contribution in [-0.4, -0.2) is 18.7 Å². The molecule has 0 saturated carbocycles. The fourth-order valence-corrected chi connectivity index (χ4v) is 4.78. The van der Waals surface area contributed by atoms with E-state index in [-0.39, 0.29) is 11.2 Å². The van der Waals surface area contributed by atoms with Crippen LogP contribution in [0.3, 0.4) is 0 Å². The van der Waals surface area contributed by atoms with Crippen molar-refractivity contribution < 1.29 is 0 Å². The van der Waals surface area contributed by atoms with Crippen LogP contribution in [0.2, 0.25) is 5.02 Å². The van der Waals surface area contributed by atoms with Crippen molar-refractivity contribution in [1.82, 2.24) is 18.7 Å². The number of thiophene rings is 1. The van der Waals surface area contributed by atoms with E-state index in [1.165, 1.54) is 26.0 Å². The fourth-order valence-electron chi connectivity index (χ4n) is 3.83. The van der Waals surface area contributed by atoms with E-state index in [0.717, 1.165) is 11.1 Å². The van der Waals surface area contributed by atoms with E-state index < -0.39 is 0 Å². The molecule has 0 atom stereocenters. The van der Waals surface area contributed by atoms with Gasteiger partial charge < -0.3 is 0 Å². The van der Waals surface area contributed by atoms with Gasteiger partial charge >= 0.3 is 5.69 Å². The van der Waals surface area contributed by atoms with E-state index in [0.29, 0.717) is 40.0 Å². The first-order valence-electron chi connectivity index (χ1n) is 10.3. The van der Waals surface area contributed by atoms with E-state index in [1.807, 2.05) is 29.6 Å². The number of halogens is 1. The highest BCUT2D eigenvalue weighted by Gasteiger charge is 2.18. The Morgan fingerprint density at radius 3 is 2.28 bits per heavy atom. The summed E-state index contributed by atoms with van der Waals surface area (Å²) in [5.41, 5.74) is 3.30. The summed E-state index contributed by atoms with van der Waals surface area (Å²) in [6.07, 6.45) is 0. The number of hydrogen-bond donors (Lipinski definition) is 0. The maximum absolute atomic E-state index is 13.3. The van der Waals surface area contributed by atoms with Crippen molar-refractivity contribution in [2.24, 2.45) is 0 Å². The van der Waals surface area contributed by atoms with Gasteiger partial charge in [0.15, 0.2) is 0 Å². The lowest BCUT2D eigenvalue weighted by Crippen LogP contribution is -2.26. The molecule has 0 fully saturated rings. The van der Waals surface area contributed by atoms with Crippen LogP contribution in [0.25, 0.3) is 16.0 Å². The number of nitrogens with zero attached hydrogens (tertiary/aromatic N) is 4. The molecule has 0 radical (unpaired) electrons. The van der Waals surface area contributed by atoms with Gasteiger partial charge in [0.05, 0.1) is 18.6 Å². The summed E-state index contributed by atoms with van der Waals surface area (Å²) in [4.78, 5) is 26.6. The first-order valence-corrected chi connectivity index (χ1v) is 11.6. The van der Waals surface area contributed by atoms with E-state index in [1.54, 1.807) is 22.8 Å². The minimum Gasteiger partial charge on any atom is -0.271 e. The zero-order valence-corrected chi connectivity index (χ0v) is 19.2. The van der Waals surface area contributed by atoms with E-state index in [4.69, 9.17) is 11.6 Å². The van der Waals surface area contributed by atoms with E-state index >= 15 is 0 Å². The van der Waals surface area contributed by atoms with E-state index in [2.05, 4.69) is 31.1 Å². The van der Waals surface area contributed by atoms with Gasteiger partial charge in [-0.15, -0.1) is 16.4 Å². The molecule has 8 heteroatoms. The molecule has 0 N–H and O–H groups in total. The van der Waals surface area contributed by atoms with Crippen LogP contribution in [0.4, 0.5) is 0 Å². The highest BCUT2D eigenvalue weighted by atomic mass is 35.5. The highest BCUT2D eigenvalue weighted by molar-refractivity contribution is 7.17. The third-order valence-electron chi connectivity index (χ3n) is 5.62. The molecule has 3 aromatic heterocycles. The molecule has 5 aromatic rings. The number of fused-ring (bicyclic) bond motifs is 3. The monoisotopic (exact) mass is 464 g/mol. The number of benzene rings is 2. The van der Waals surface area contributed by atoms with Crippen LogP contribution in [0.15, 0.2) is 69.6 Å². The summed E-state index contributed by atoms with van der Waals surface area (Å²) in [5, 5.41) is 7.03. The average Bonchev–Trinajstić information content (AvgIpc) is 3.38. The smallest absolute Gasteiger partial charge is 0.271 e. The van der Waals surface area contributed by atoms with Crippen molar-refractivity contribution in [3.05, 3.63) is 103 Å². The Morgan fingerprint density at radius 2 is 1.59 bits per heavy atom. The minimum atomic E-state index is -0.276. The molecule has 5 rings (SSSR count). The highest BCUT2D eigenvalue weighted by Crippen LogP contribution is 2.19. The van der Waals surface area contributed by atoms with Gasteiger partial charge in [-0.3, -0.25) is 9.36 Å². The molecule has 0 amide bonds. The molecular weight excluding hydrogens is 444 g/mol. The van der Waals surface area contributed by atoms with Crippen LogP contribution in [0.5, 0.6) is 0 Å². The van der Waals surface area contributed by atoms with Crippen molar-refractivity contribution >= 4 is 38.9 Å². The van der Waals surface area contributed by atoms with Gasteiger partial charge in [0, 0.05) is 5.02 Å².